The lowest BCUT2D eigenvalue weighted by molar-refractivity contribution is 1.37. The molecule has 0 amide bonds. The van der Waals surface area contributed by atoms with Crippen molar-refractivity contribution in [2.24, 2.45) is 0 Å². The maximum absolute atomic E-state index is 2.35. The van der Waals surface area contributed by atoms with Crippen LogP contribution in [0.25, 0.3) is 65.3 Å². The zero-order valence-electron chi connectivity index (χ0n) is 19.2. The maximum Gasteiger partial charge on any atom is 0.0208 e. The molecule has 0 bridgehead atoms. The van der Waals surface area contributed by atoms with Gasteiger partial charge in [-0.2, -0.15) is 0 Å². The fraction of sp³-hybridized carbons (Fsp3) is 0. The number of benzene rings is 7. The molecular formula is C34H18S2. The maximum atomic E-state index is 2.35. The molecule has 9 rings (SSSR count). The second-order valence-corrected chi connectivity index (χ2v) is 11.8. The van der Waals surface area contributed by atoms with Crippen LogP contribution in [0, 0.1) is 0 Å². The van der Waals surface area contributed by atoms with Crippen LogP contribution >= 0.6 is 23.5 Å². The van der Waals surface area contributed by atoms with Crippen molar-refractivity contribution in [3.8, 4) is 22.3 Å². The third-order valence-electron chi connectivity index (χ3n) is 7.82. The summed E-state index contributed by atoms with van der Waals surface area (Å²) in [4.78, 5) is 5.43. The normalized spacial score (nSPS) is 13.3. The summed E-state index contributed by atoms with van der Waals surface area (Å²) < 4.78 is 0. The molecule has 36 heavy (non-hydrogen) atoms. The smallest absolute Gasteiger partial charge is 0.0208 e. The minimum absolute atomic E-state index is 1.30. The fourth-order valence-corrected chi connectivity index (χ4v) is 8.62. The van der Waals surface area contributed by atoms with E-state index in [2.05, 4.69) is 109 Å². The number of hydrogen-bond acceptors (Lipinski definition) is 2. The van der Waals surface area contributed by atoms with E-state index in [1.54, 1.807) is 0 Å². The van der Waals surface area contributed by atoms with E-state index in [0.717, 1.165) is 0 Å². The van der Waals surface area contributed by atoms with E-state index in [9.17, 15) is 0 Å². The van der Waals surface area contributed by atoms with Gasteiger partial charge in [-0.25, -0.2) is 0 Å². The lowest BCUT2D eigenvalue weighted by Gasteiger charge is -2.30. The van der Waals surface area contributed by atoms with Gasteiger partial charge in [0.1, 0.15) is 0 Å². The molecule has 2 aliphatic rings. The Bertz CT molecular complexity index is 1950. The van der Waals surface area contributed by atoms with Gasteiger partial charge in [-0.1, -0.05) is 108 Å². The Balaban J connectivity index is 1.57. The Morgan fingerprint density at radius 2 is 0.694 bits per heavy atom. The van der Waals surface area contributed by atoms with Crippen molar-refractivity contribution in [3.63, 3.8) is 0 Å². The first kappa shape index (κ1) is 19.5. The van der Waals surface area contributed by atoms with E-state index in [1.807, 2.05) is 23.5 Å². The molecule has 0 unspecified atom stereocenters. The summed E-state index contributed by atoms with van der Waals surface area (Å²) in [5, 5.41) is 10.8. The van der Waals surface area contributed by atoms with Gasteiger partial charge in [-0.05, 0) is 56.6 Å². The number of hydrogen-bond donors (Lipinski definition) is 0. The van der Waals surface area contributed by atoms with Crippen LogP contribution in [-0.2, 0) is 0 Å². The Hall–Kier alpha value is -3.72. The van der Waals surface area contributed by atoms with E-state index < -0.39 is 0 Å². The molecule has 0 nitrogen and oxygen atoms in total. The summed E-state index contributed by atoms with van der Waals surface area (Å²) in [5.41, 5.74) is 5.57. The third kappa shape index (κ3) is 2.39. The second-order valence-electron chi connectivity index (χ2n) is 9.63. The van der Waals surface area contributed by atoms with Crippen LogP contribution in [0.5, 0.6) is 0 Å². The predicted molar refractivity (Wildman–Crippen MR) is 156 cm³/mol. The molecular weight excluding hydrogens is 473 g/mol. The van der Waals surface area contributed by atoms with Gasteiger partial charge in [-0.3, -0.25) is 0 Å². The van der Waals surface area contributed by atoms with Crippen LogP contribution in [0.1, 0.15) is 0 Å². The first-order valence-electron chi connectivity index (χ1n) is 12.3. The highest BCUT2D eigenvalue weighted by molar-refractivity contribution is 8.00. The molecule has 2 heteroatoms. The highest BCUT2D eigenvalue weighted by atomic mass is 32.2. The van der Waals surface area contributed by atoms with Gasteiger partial charge in [0.15, 0.2) is 0 Å². The molecule has 0 saturated carbocycles. The highest BCUT2D eigenvalue weighted by Crippen LogP contribution is 2.60. The molecule has 2 heterocycles. The second kappa shape index (κ2) is 6.94. The van der Waals surface area contributed by atoms with Crippen molar-refractivity contribution >= 4 is 66.6 Å². The summed E-state index contributed by atoms with van der Waals surface area (Å²) in [6.45, 7) is 0. The lowest BCUT2D eigenvalue weighted by Crippen LogP contribution is -2.01. The molecule has 0 radical (unpaired) electrons. The number of rotatable bonds is 0. The van der Waals surface area contributed by atoms with Crippen molar-refractivity contribution in [2.45, 2.75) is 19.6 Å². The molecule has 166 valence electrons. The van der Waals surface area contributed by atoms with Crippen LogP contribution in [0.15, 0.2) is 129 Å². The van der Waals surface area contributed by atoms with Crippen molar-refractivity contribution in [3.05, 3.63) is 109 Å². The molecule has 0 fully saturated rings. The molecule has 7 aromatic carbocycles. The van der Waals surface area contributed by atoms with Gasteiger partial charge < -0.3 is 0 Å². The Morgan fingerprint density at radius 1 is 0.306 bits per heavy atom. The Labute approximate surface area is 217 Å². The molecule has 0 aromatic heterocycles. The van der Waals surface area contributed by atoms with E-state index in [4.69, 9.17) is 0 Å². The van der Waals surface area contributed by atoms with Gasteiger partial charge in [0.2, 0.25) is 0 Å². The predicted octanol–water partition coefficient (Wildman–Crippen LogP) is 10.6. The Kier molecular flexibility index (Phi) is 3.75. The summed E-state index contributed by atoms with van der Waals surface area (Å²) in [6, 6.07) is 40.7. The van der Waals surface area contributed by atoms with E-state index in [1.165, 1.54) is 84.9 Å². The minimum atomic E-state index is 1.30. The summed E-state index contributed by atoms with van der Waals surface area (Å²) in [6.07, 6.45) is 0. The SMILES string of the molecule is c1ccc2c3c(ccc2c1)Sc1ccc2c4c(c5ccccc5c-3c14)-c1c(ccc3ccccc13)S2. The minimum Gasteiger partial charge on any atom is -0.0887 e. The third-order valence-corrected chi connectivity index (χ3v) is 10.1. The van der Waals surface area contributed by atoms with E-state index >= 15 is 0 Å². The molecule has 0 saturated heterocycles. The summed E-state index contributed by atoms with van der Waals surface area (Å²) in [7, 11) is 0. The van der Waals surface area contributed by atoms with Crippen LogP contribution in [0.2, 0.25) is 0 Å². The average Bonchev–Trinajstić information content (AvgIpc) is 2.94. The van der Waals surface area contributed by atoms with Gasteiger partial charge in [0.25, 0.3) is 0 Å². The summed E-state index contributed by atoms with van der Waals surface area (Å²) in [5.74, 6) is 0. The topological polar surface area (TPSA) is 0 Å². The van der Waals surface area contributed by atoms with E-state index in [0.29, 0.717) is 0 Å². The lowest BCUT2D eigenvalue weighted by atomic mass is 9.83. The molecule has 0 N–H and O–H groups in total. The van der Waals surface area contributed by atoms with Gasteiger partial charge >= 0.3 is 0 Å². The van der Waals surface area contributed by atoms with Crippen molar-refractivity contribution in [1.82, 2.24) is 0 Å². The monoisotopic (exact) mass is 490 g/mol. The first-order valence-corrected chi connectivity index (χ1v) is 13.9. The van der Waals surface area contributed by atoms with E-state index in [-0.39, 0.29) is 0 Å². The standard InChI is InChI=1S/C34H18S2/c1-3-9-21-19(7-1)13-15-25-29(21)31-23-11-5-6-12-24(23)32-30-22-10-4-2-8-20(22)14-16-26(30)36-28-18-17-27(35-25)33(31)34(28)32/h1-18H. The van der Waals surface area contributed by atoms with Gasteiger partial charge in [-0.15, -0.1) is 0 Å². The van der Waals surface area contributed by atoms with Crippen molar-refractivity contribution in [2.75, 3.05) is 0 Å². The van der Waals surface area contributed by atoms with Crippen LogP contribution in [0.4, 0.5) is 0 Å². The molecule has 2 aliphatic heterocycles. The summed E-state index contributed by atoms with van der Waals surface area (Å²) >= 11 is 3.85. The zero-order valence-corrected chi connectivity index (χ0v) is 20.8. The van der Waals surface area contributed by atoms with Crippen LogP contribution < -0.4 is 0 Å². The Morgan fingerprint density at radius 3 is 1.17 bits per heavy atom. The highest BCUT2D eigenvalue weighted by Gasteiger charge is 2.31. The molecule has 0 atom stereocenters. The average molecular weight is 491 g/mol. The van der Waals surface area contributed by atoms with Gasteiger partial charge in [0, 0.05) is 52.6 Å². The van der Waals surface area contributed by atoms with Crippen molar-refractivity contribution < 1.29 is 0 Å². The van der Waals surface area contributed by atoms with Crippen LogP contribution in [0.3, 0.4) is 0 Å². The molecule has 7 aromatic rings. The largest absolute Gasteiger partial charge is 0.0887 e. The molecule has 0 spiro atoms. The molecule has 0 aliphatic carbocycles. The van der Waals surface area contributed by atoms with Crippen LogP contribution in [-0.4, -0.2) is 0 Å². The fourth-order valence-electron chi connectivity index (χ4n) is 6.36. The number of fused-ring (bicyclic) bond motifs is 11. The zero-order chi connectivity index (χ0) is 23.4. The van der Waals surface area contributed by atoms with Gasteiger partial charge in [0.05, 0.1) is 0 Å². The quantitative estimate of drug-likeness (QED) is 0.194. The first-order chi connectivity index (χ1) is 17.9. The van der Waals surface area contributed by atoms with Crippen molar-refractivity contribution in [1.29, 1.82) is 0 Å².